The Labute approximate surface area is 103 Å². The predicted octanol–water partition coefficient (Wildman–Crippen LogP) is 2.54. The fourth-order valence-electron chi connectivity index (χ4n) is 1.36. The molecule has 0 amide bonds. The van der Waals surface area contributed by atoms with Crippen LogP contribution in [0.4, 0.5) is 0 Å². The van der Waals surface area contributed by atoms with Gasteiger partial charge in [-0.25, -0.2) is 0 Å². The molecule has 0 bridgehead atoms. The van der Waals surface area contributed by atoms with Gasteiger partial charge in [-0.15, -0.1) is 23.2 Å². The summed E-state index contributed by atoms with van der Waals surface area (Å²) in [5, 5.41) is 9.59. The first-order valence-corrected chi connectivity index (χ1v) is 5.60. The number of phenolic OH excluding ortho intramolecular Hbond substituents is 1. The van der Waals surface area contributed by atoms with E-state index in [4.69, 9.17) is 23.2 Å². The van der Waals surface area contributed by atoms with Gasteiger partial charge in [0.2, 0.25) is 0 Å². The van der Waals surface area contributed by atoms with Crippen LogP contribution in [-0.4, -0.2) is 28.4 Å². The van der Waals surface area contributed by atoms with Crippen molar-refractivity contribution in [3.8, 4) is 5.75 Å². The quantitative estimate of drug-likeness (QED) is 0.669. The topological polar surface area (TPSA) is 54.4 Å². The number of carbonyl (C=O) groups excluding carboxylic acids is 2. The molecule has 0 fully saturated rings. The highest BCUT2D eigenvalue weighted by Crippen LogP contribution is 2.23. The number of phenols is 1. The normalized spacial score (nSPS) is 10.2. The van der Waals surface area contributed by atoms with E-state index in [9.17, 15) is 14.7 Å². The molecule has 0 aliphatic heterocycles. The second-order valence-electron chi connectivity index (χ2n) is 3.30. The third kappa shape index (κ3) is 2.54. The summed E-state index contributed by atoms with van der Waals surface area (Å²) in [7, 11) is 0. The van der Waals surface area contributed by atoms with E-state index in [1.165, 1.54) is 12.1 Å². The maximum Gasteiger partial charge on any atom is 0.181 e. The summed E-state index contributed by atoms with van der Waals surface area (Å²) in [6.07, 6.45) is 0. The van der Waals surface area contributed by atoms with Gasteiger partial charge in [0.25, 0.3) is 0 Å². The molecule has 1 aromatic rings. The second-order valence-corrected chi connectivity index (χ2v) is 3.83. The molecule has 16 heavy (non-hydrogen) atoms. The minimum absolute atomic E-state index is 0.124. The largest absolute Gasteiger partial charge is 0.507 e. The lowest BCUT2D eigenvalue weighted by Gasteiger charge is -2.07. The molecule has 5 heteroatoms. The lowest BCUT2D eigenvalue weighted by atomic mass is 9.99. The SMILES string of the molecule is Cc1cc(C(=O)CCl)c(O)cc1C(=O)CCl. The molecular formula is C11H10Cl2O3. The number of ketones is 2. The highest BCUT2D eigenvalue weighted by Gasteiger charge is 2.15. The molecule has 86 valence electrons. The Morgan fingerprint density at radius 3 is 2.12 bits per heavy atom. The Morgan fingerprint density at radius 1 is 1.12 bits per heavy atom. The number of halogens is 2. The van der Waals surface area contributed by atoms with Gasteiger partial charge >= 0.3 is 0 Å². The van der Waals surface area contributed by atoms with Gasteiger partial charge in [-0.3, -0.25) is 9.59 Å². The van der Waals surface area contributed by atoms with Gasteiger partial charge < -0.3 is 5.11 Å². The van der Waals surface area contributed by atoms with Gasteiger partial charge in [0, 0.05) is 5.56 Å². The van der Waals surface area contributed by atoms with Crippen molar-refractivity contribution >= 4 is 34.8 Å². The number of rotatable bonds is 4. The number of aromatic hydroxyl groups is 1. The van der Waals surface area contributed by atoms with E-state index in [2.05, 4.69) is 0 Å². The fourth-order valence-corrected chi connectivity index (χ4v) is 1.65. The van der Waals surface area contributed by atoms with E-state index >= 15 is 0 Å². The molecule has 0 atom stereocenters. The smallest absolute Gasteiger partial charge is 0.181 e. The third-order valence-electron chi connectivity index (χ3n) is 2.19. The summed E-state index contributed by atoms with van der Waals surface area (Å²) in [5.41, 5.74) is 1.04. The highest BCUT2D eigenvalue weighted by atomic mass is 35.5. The van der Waals surface area contributed by atoms with Crippen molar-refractivity contribution in [3.05, 3.63) is 28.8 Å². The number of benzene rings is 1. The predicted molar refractivity (Wildman–Crippen MR) is 62.9 cm³/mol. The van der Waals surface area contributed by atoms with Crippen molar-refractivity contribution in [1.29, 1.82) is 0 Å². The van der Waals surface area contributed by atoms with Gasteiger partial charge in [-0.2, -0.15) is 0 Å². The molecule has 1 rings (SSSR count). The summed E-state index contributed by atoms with van der Waals surface area (Å²) in [6.45, 7) is 1.67. The van der Waals surface area contributed by atoms with Crippen molar-refractivity contribution in [2.75, 3.05) is 11.8 Å². The first-order chi connectivity index (χ1) is 7.51. The number of aryl methyl sites for hydroxylation is 1. The van der Waals surface area contributed by atoms with Crippen LogP contribution in [0.25, 0.3) is 0 Å². The second kappa shape index (κ2) is 5.32. The molecular weight excluding hydrogens is 251 g/mol. The molecule has 0 aliphatic carbocycles. The van der Waals surface area contributed by atoms with Gasteiger partial charge in [0.15, 0.2) is 11.6 Å². The molecule has 3 nitrogen and oxygen atoms in total. The lowest BCUT2D eigenvalue weighted by Crippen LogP contribution is -2.07. The summed E-state index contributed by atoms with van der Waals surface area (Å²) >= 11 is 10.8. The van der Waals surface area contributed by atoms with Crippen molar-refractivity contribution in [1.82, 2.24) is 0 Å². The maximum absolute atomic E-state index is 11.4. The average molecular weight is 261 g/mol. The van der Waals surface area contributed by atoms with E-state index in [0.717, 1.165) is 0 Å². The Morgan fingerprint density at radius 2 is 1.62 bits per heavy atom. The Bertz CT molecular complexity index is 399. The minimum atomic E-state index is -0.382. The van der Waals surface area contributed by atoms with Crippen LogP contribution in [0.1, 0.15) is 26.3 Å². The van der Waals surface area contributed by atoms with Crippen LogP contribution in [0.15, 0.2) is 12.1 Å². The summed E-state index contributed by atoms with van der Waals surface area (Å²) in [5.74, 6) is -1.30. The Hall–Kier alpha value is -1.06. The molecule has 1 N–H and O–H groups in total. The first-order valence-electron chi connectivity index (χ1n) is 4.53. The molecule has 0 aliphatic rings. The molecule has 0 saturated carbocycles. The zero-order valence-electron chi connectivity index (χ0n) is 8.59. The maximum atomic E-state index is 11.4. The van der Waals surface area contributed by atoms with Gasteiger partial charge in [-0.1, -0.05) is 0 Å². The van der Waals surface area contributed by atoms with Crippen molar-refractivity contribution < 1.29 is 14.7 Å². The van der Waals surface area contributed by atoms with Crippen LogP contribution >= 0.6 is 23.2 Å². The van der Waals surface area contributed by atoms with Crippen molar-refractivity contribution in [2.24, 2.45) is 0 Å². The van der Waals surface area contributed by atoms with Crippen molar-refractivity contribution in [3.63, 3.8) is 0 Å². The van der Waals surface area contributed by atoms with E-state index in [0.29, 0.717) is 11.1 Å². The number of carbonyl (C=O) groups is 2. The van der Waals surface area contributed by atoms with Crippen LogP contribution < -0.4 is 0 Å². The van der Waals surface area contributed by atoms with Crippen LogP contribution in [-0.2, 0) is 0 Å². The Balaban J connectivity index is 3.27. The van der Waals surface area contributed by atoms with E-state index in [1.807, 2.05) is 0 Å². The lowest BCUT2D eigenvalue weighted by molar-refractivity contribution is 0.100. The molecule has 0 saturated heterocycles. The van der Waals surface area contributed by atoms with E-state index in [1.54, 1.807) is 6.92 Å². The fraction of sp³-hybridized carbons (Fsp3) is 0.273. The van der Waals surface area contributed by atoms with Crippen LogP contribution in [0, 0.1) is 6.92 Å². The molecule has 0 aromatic heterocycles. The summed E-state index contributed by atoms with van der Waals surface area (Å²) < 4.78 is 0. The number of hydrogen-bond donors (Lipinski definition) is 1. The molecule has 0 unspecified atom stereocenters. The van der Waals surface area contributed by atoms with Gasteiger partial charge in [-0.05, 0) is 24.6 Å². The minimum Gasteiger partial charge on any atom is -0.507 e. The van der Waals surface area contributed by atoms with Crippen LogP contribution in [0.5, 0.6) is 5.75 Å². The summed E-state index contributed by atoms with van der Waals surface area (Å²) in [4.78, 5) is 22.7. The number of hydrogen-bond acceptors (Lipinski definition) is 3. The monoisotopic (exact) mass is 260 g/mol. The molecule has 0 heterocycles. The van der Waals surface area contributed by atoms with E-state index < -0.39 is 0 Å². The molecule has 0 spiro atoms. The third-order valence-corrected chi connectivity index (χ3v) is 2.67. The Kier molecular flexibility index (Phi) is 4.33. The van der Waals surface area contributed by atoms with Crippen molar-refractivity contribution in [2.45, 2.75) is 6.92 Å². The highest BCUT2D eigenvalue weighted by molar-refractivity contribution is 6.31. The van der Waals surface area contributed by atoms with Crippen LogP contribution in [0.3, 0.4) is 0 Å². The molecule has 1 aromatic carbocycles. The van der Waals surface area contributed by atoms with Crippen LogP contribution in [0.2, 0.25) is 0 Å². The zero-order chi connectivity index (χ0) is 12.3. The number of Topliss-reactive ketones (excluding diaryl/α,β-unsaturated/α-hetero) is 2. The molecule has 0 radical (unpaired) electrons. The zero-order valence-corrected chi connectivity index (χ0v) is 10.1. The number of alkyl halides is 2. The average Bonchev–Trinajstić information content (AvgIpc) is 2.29. The van der Waals surface area contributed by atoms with Gasteiger partial charge in [0.05, 0.1) is 17.3 Å². The standard InChI is InChI=1S/C11H10Cl2O3/c1-6-2-8(11(16)5-13)9(14)3-7(6)10(15)4-12/h2-3,14H,4-5H2,1H3. The van der Waals surface area contributed by atoms with Gasteiger partial charge in [0.1, 0.15) is 5.75 Å². The van der Waals surface area contributed by atoms with E-state index in [-0.39, 0.29) is 34.6 Å². The summed E-state index contributed by atoms with van der Waals surface area (Å²) in [6, 6.07) is 2.69. The first kappa shape index (κ1) is 13.0.